The van der Waals surface area contributed by atoms with Gasteiger partial charge < -0.3 is 0 Å². The Bertz CT molecular complexity index is 2440. The number of benzene rings is 6. The van der Waals surface area contributed by atoms with E-state index in [0.29, 0.717) is 0 Å². The lowest BCUT2D eigenvalue weighted by Crippen LogP contribution is -2.33. The average molecular weight is 589 g/mol. The summed E-state index contributed by atoms with van der Waals surface area (Å²) in [7, 11) is 0. The molecule has 0 atom stereocenters. The lowest BCUT2D eigenvalue weighted by Gasteiger charge is -2.22. The van der Waals surface area contributed by atoms with Crippen molar-refractivity contribution in [3.63, 3.8) is 0 Å². The monoisotopic (exact) mass is 588 g/mol. The number of fused-ring (bicyclic) bond motifs is 3. The molecule has 2 heteroatoms. The Balaban J connectivity index is 1.30. The fraction of sp³-hybridized carbons (Fsp3) is 0.0227. The summed E-state index contributed by atoms with van der Waals surface area (Å²) >= 11 is 0. The van der Waals surface area contributed by atoms with Gasteiger partial charge in [-0.2, -0.15) is 0 Å². The maximum absolute atomic E-state index is 5.08. The van der Waals surface area contributed by atoms with E-state index in [-0.39, 0.29) is 0 Å². The molecule has 0 spiro atoms. The number of allylic oxidation sites excluding steroid dienone is 5. The first-order valence-electron chi connectivity index (χ1n) is 15.7. The fourth-order valence-electron chi connectivity index (χ4n) is 6.73. The van der Waals surface area contributed by atoms with Gasteiger partial charge in [0.2, 0.25) is 0 Å². The van der Waals surface area contributed by atoms with E-state index < -0.39 is 0 Å². The average Bonchev–Trinajstić information content (AvgIpc) is 3.51. The zero-order valence-electron chi connectivity index (χ0n) is 25.5. The number of para-hydroxylation sites is 3. The van der Waals surface area contributed by atoms with Crippen LogP contribution in [0.2, 0.25) is 0 Å². The molecule has 0 unspecified atom stereocenters. The van der Waals surface area contributed by atoms with Crippen molar-refractivity contribution >= 4 is 33.0 Å². The van der Waals surface area contributed by atoms with E-state index in [1.165, 1.54) is 49.1 Å². The number of rotatable bonds is 6. The summed E-state index contributed by atoms with van der Waals surface area (Å²) in [5, 5.41) is 5.03. The zero-order chi connectivity index (χ0) is 30.9. The highest BCUT2D eigenvalue weighted by Gasteiger charge is 2.20. The van der Waals surface area contributed by atoms with Gasteiger partial charge in [0.15, 0.2) is 0 Å². The van der Waals surface area contributed by atoms with Crippen LogP contribution in [-0.4, -0.2) is 9.55 Å². The van der Waals surface area contributed by atoms with Crippen LogP contribution in [0, 0.1) is 0 Å². The van der Waals surface area contributed by atoms with Gasteiger partial charge in [0.05, 0.1) is 11.0 Å². The van der Waals surface area contributed by atoms with Crippen molar-refractivity contribution in [2.75, 3.05) is 0 Å². The maximum Gasteiger partial charge on any atom is 0.145 e. The molecule has 218 valence electrons. The van der Waals surface area contributed by atoms with E-state index in [1.54, 1.807) is 0 Å². The molecule has 0 radical (unpaired) electrons. The minimum atomic E-state index is 0.822. The lowest BCUT2D eigenvalue weighted by atomic mass is 9.82. The van der Waals surface area contributed by atoms with E-state index in [9.17, 15) is 0 Å². The van der Waals surface area contributed by atoms with E-state index in [2.05, 4.69) is 163 Å². The summed E-state index contributed by atoms with van der Waals surface area (Å²) < 4.78 is 2.25. The van der Waals surface area contributed by atoms with Gasteiger partial charge >= 0.3 is 0 Å². The Labute approximate surface area is 268 Å². The molecule has 6 aromatic carbocycles. The highest BCUT2D eigenvalue weighted by Crippen LogP contribution is 2.34. The smallest absolute Gasteiger partial charge is 0.145 e. The first kappa shape index (κ1) is 27.6. The molecule has 8 rings (SSSR count). The molecular formula is C44H32N2. The molecule has 7 aromatic rings. The molecule has 1 aliphatic rings. The van der Waals surface area contributed by atoms with Crippen molar-refractivity contribution in [2.45, 2.75) is 6.42 Å². The Morgan fingerprint density at radius 3 is 2.09 bits per heavy atom. The quantitative estimate of drug-likeness (QED) is 0.177. The minimum Gasteiger partial charge on any atom is -0.292 e. The third-order valence-corrected chi connectivity index (χ3v) is 8.86. The first-order valence-corrected chi connectivity index (χ1v) is 15.7. The zero-order valence-corrected chi connectivity index (χ0v) is 25.5. The van der Waals surface area contributed by atoms with Crippen molar-refractivity contribution in [1.29, 1.82) is 0 Å². The summed E-state index contributed by atoms with van der Waals surface area (Å²) in [5.41, 5.74) is 10.6. The normalized spacial score (nSPS) is 14.0. The van der Waals surface area contributed by atoms with E-state index >= 15 is 0 Å². The van der Waals surface area contributed by atoms with Gasteiger partial charge in [0.1, 0.15) is 5.82 Å². The van der Waals surface area contributed by atoms with Crippen molar-refractivity contribution in [1.82, 2.24) is 9.55 Å². The Kier molecular flexibility index (Phi) is 7.09. The van der Waals surface area contributed by atoms with Gasteiger partial charge in [-0.1, -0.05) is 146 Å². The molecule has 1 heterocycles. The molecule has 1 aliphatic carbocycles. The van der Waals surface area contributed by atoms with Crippen LogP contribution in [0.15, 0.2) is 182 Å². The van der Waals surface area contributed by atoms with Crippen LogP contribution in [0.1, 0.15) is 17.5 Å². The van der Waals surface area contributed by atoms with Crippen LogP contribution in [-0.2, 0) is 0 Å². The molecule has 0 aliphatic heterocycles. The number of aromatic nitrogens is 2. The topological polar surface area (TPSA) is 17.8 Å². The van der Waals surface area contributed by atoms with Gasteiger partial charge in [0, 0.05) is 11.3 Å². The van der Waals surface area contributed by atoms with Gasteiger partial charge in [-0.25, -0.2) is 4.98 Å². The second-order valence-corrected chi connectivity index (χ2v) is 11.6. The van der Waals surface area contributed by atoms with Crippen LogP contribution in [0.25, 0.3) is 50.0 Å². The highest BCUT2D eigenvalue weighted by molar-refractivity contribution is 5.92. The molecule has 0 fully saturated rings. The van der Waals surface area contributed by atoms with E-state index in [1.807, 2.05) is 18.2 Å². The van der Waals surface area contributed by atoms with E-state index in [0.717, 1.165) is 34.5 Å². The number of imidazole rings is 1. The summed E-state index contributed by atoms with van der Waals surface area (Å²) in [5.74, 6) is 0.940. The van der Waals surface area contributed by atoms with Crippen molar-refractivity contribution in [3.05, 3.63) is 204 Å². The van der Waals surface area contributed by atoms with E-state index in [4.69, 9.17) is 4.98 Å². The molecule has 2 nitrogen and oxygen atoms in total. The number of hydrogen-bond donors (Lipinski definition) is 0. The van der Waals surface area contributed by atoms with Crippen molar-refractivity contribution in [2.24, 2.45) is 0 Å². The van der Waals surface area contributed by atoms with Gasteiger partial charge in [-0.15, -0.1) is 0 Å². The summed E-state index contributed by atoms with van der Waals surface area (Å²) in [6.45, 7) is 3.89. The van der Waals surface area contributed by atoms with Crippen LogP contribution in [0.3, 0.4) is 0 Å². The van der Waals surface area contributed by atoms with Gasteiger partial charge in [-0.05, 0) is 85.8 Å². The molecule has 1 aromatic heterocycles. The lowest BCUT2D eigenvalue weighted by molar-refractivity contribution is 1.10. The molecule has 0 bridgehead atoms. The Morgan fingerprint density at radius 1 is 0.587 bits per heavy atom. The SMILES string of the molecule is C=C/C=C\C=C1/CC(c2ccc(-c3nc4ccccc4n3-c3ccccc3)cc2)=c2ccccc2=C1c1ccc2ccccc2c1. The van der Waals surface area contributed by atoms with Gasteiger partial charge in [-0.3, -0.25) is 4.57 Å². The van der Waals surface area contributed by atoms with Crippen LogP contribution >= 0.6 is 0 Å². The minimum absolute atomic E-state index is 0.822. The molecule has 0 saturated carbocycles. The molecule has 0 amide bonds. The van der Waals surface area contributed by atoms with Crippen LogP contribution in [0.5, 0.6) is 0 Å². The molecular weight excluding hydrogens is 556 g/mol. The first-order chi connectivity index (χ1) is 22.8. The Morgan fingerprint density at radius 2 is 1.26 bits per heavy atom. The number of nitrogens with zero attached hydrogens (tertiary/aromatic N) is 2. The predicted octanol–water partition coefficient (Wildman–Crippen LogP) is 9.32. The third kappa shape index (κ3) is 4.91. The number of hydrogen-bond acceptors (Lipinski definition) is 1. The van der Waals surface area contributed by atoms with Crippen molar-refractivity contribution in [3.8, 4) is 17.1 Å². The molecule has 46 heavy (non-hydrogen) atoms. The molecule has 0 N–H and O–H groups in total. The molecule has 0 saturated heterocycles. The summed E-state index contributed by atoms with van der Waals surface area (Å²) in [6, 6.07) is 52.0. The summed E-state index contributed by atoms with van der Waals surface area (Å²) in [4.78, 5) is 5.08. The predicted molar refractivity (Wildman–Crippen MR) is 193 cm³/mol. The second-order valence-electron chi connectivity index (χ2n) is 11.6. The van der Waals surface area contributed by atoms with Gasteiger partial charge in [0.25, 0.3) is 0 Å². The fourth-order valence-corrected chi connectivity index (χ4v) is 6.73. The van der Waals surface area contributed by atoms with Crippen LogP contribution in [0.4, 0.5) is 0 Å². The standard InChI is InChI=1S/C44H32N2/c1-2-3-5-16-35-30-40(38-19-10-11-20-39(38)43(35)36-28-23-31-14-8-9-15-34(31)29-36)32-24-26-33(27-25-32)44-45-41-21-12-13-22-42(41)46(44)37-17-6-4-7-18-37/h2-29H,1,30H2/b5-3-,35-16+. The highest BCUT2D eigenvalue weighted by atomic mass is 15.1. The maximum atomic E-state index is 5.08. The third-order valence-electron chi connectivity index (χ3n) is 8.86. The van der Waals surface area contributed by atoms with Crippen molar-refractivity contribution < 1.29 is 0 Å². The Hall–Kier alpha value is -5.99. The van der Waals surface area contributed by atoms with Crippen LogP contribution < -0.4 is 10.4 Å². The largest absolute Gasteiger partial charge is 0.292 e. The second kappa shape index (κ2) is 11.8. The summed E-state index contributed by atoms with van der Waals surface area (Å²) in [6.07, 6.45) is 9.00.